The van der Waals surface area contributed by atoms with Crippen LogP contribution in [-0.4, -0.2) is 20.9 Å². The largest absolute Gasteiger partial charge is 0.351 e. The zero-order valence-electron chi connectivity index (χ0n) is 3.18. The molecule has 1 N–H and O–H groups in total. The quantitative estimate of drug-likeness (QED) is 0.456. The van der Waals surface area contributed by atoms with Gasteiger partial charge in [-0.3, -0.25) is 0 Å². The highest BCUT2D eigenvalue weighted by atomic mass is 32.1. The summed E-state index contributed by atoms with van der Waals surface area (Å²) in [6.07, 6.45) is 5.08. The van der Waals surface area contributed by atoms with E-state index in [-0.39, 0.29) is 24.5 Å². The van der Waals surface area contributed by atoms with E-state index in [4.69, 9.17) is 0 Å². The van der Waals surface area contributed by atoms with Gasteiger partial charge in [-0.2, -0.15) is 13.5 Å². The lowest BCUT2D eigenvalue weighted by atomic mass is 11.0. The van der Waals surface area contributed by atoms with E-state index in [9.17, 15) is 0 Å². The van der Waals surface area contributed by atoms with Crippen LogP contribution in [0.4, 0.5) is 0 Å². The average molecular weight is 134 g/mol. The number of H-pyrrole nitrogens is 1. The molecule has 0 fully saturated rings. The van der Waals surface area contributed by atoms with Crippen molar-refractivity contribution in [3.05, 3.63) is 18.7 Å². The molecule has 2 nitrogen and oxygen atoms in total. The molecule has 4 heteroatoms. The molecule has 0 amide bonds. The number of nitrogens with one attached hydrogen (secondary N) is 1. The molecule has 1 aromatic heterocycles. The van der Waals surface area contributed by atoms with Gasteiger partial charge >= 0.3 is 0 Å². The minimum atomic E-state index is 0. The summed E-state index contributed by atoms with van der Waals surface area (Å²) < 4.78 is 0. The Hall–Kier alpha value is -0.223. The summed E-state index contributed by atoms with van der Waals surface area (Å²) in [6, 6.07) is 0. The van der Waals surface area contributed by atoms with Gasteiger partial charge in [-0.25, -0.2) is 4.98 Å². The Morgan fingerprint density at radius 1 is 1.43 bits per heavy atom. The van der Waals surface area contributed by atoms with Gasteiger partial charge in [0.25, 0.3) is 0 Å². The topological polar surface area (TPSA) is 28.7 Å². The van der Waals surface area contributed by atoms with E-state index in [0.29, 0.717) is 0 Å². The molecule has 0 aliphatic rings. The first-order valence-corrected chi connectivity index (χ1v) is 1.43. The van der Waals surface area contributed by atoms with Crippen molar-refractivity contribution in [1.29, 1.82) is 0 Å². The van der Waals surface area contributed by atoms with E-state index in [1.54, 1.807) is 18.7 Å². The van der Waals surface area contributed by atoms with E-state index >= 15 is 0 Å². The molecule has 0 saturated heterocycles. The molecule has 0 aromatic carbocycles. The van der Waals surface area contributed by atoms with Crippen molar-refractivity contribution < 1.29 is 0 Å². The van der Waals surface area contributed by atoms with Gasteiger partial charge in [0, 0.05) is 12.4 Å². The van der Waals surface area contributed by atoms with Gasteiger partial charge in [0.05, 0.1) is 6.33 Å². The first-order valence-electron chi connectivity index (χ1n) is 1.43. The maximum atomic E-state index is 3.67. The minimum absolute atomic E-state index is 0. The Balaban J connectivity index is 0. The zero-order chi connectivity index (χ0) is 3.54. The normalized spacial score (nSPS) is 5.71. The van der Waals surface area contributed by atoms with Crippen LogP contribution in [0.25, 0.3) is 0 Å². The zero-order valence-corrected chi connectivity index (χ0v) is 4.18. The number of imidazole rings is 1. The van der Waals surface area contributed by atoms with Crippen LogP contribution in [-0.2, 0) is 0 Å². The molecule has 0 aliphatic heterocycles. The predicted octanol–water partition coefficient (Wildman–Crippen LogP) is -0.929. The first-order chi connectivity index (χ1) is 2.50. The van der Waals surface area contributed by atoms with Crippen molar-refractivity contribution in [2.24, 2.45) is 0 Å². The first kappa shape index (κ1) is 9.91. The molecule has 0 spiro atoms. The molecule has 0 radical (unpaired) electrons. The molecule has 0 unspecified atom stereocenters. The SMILES string of the molecule is S.[SiH4].c1c[nH]cn1. The molecule has 0 atom stereocenters. The lowest BCUT2D eigenvalue weighted by Gasteiger charge is -1.46. The van der Waals surface area contributed by atoms with Gasteiger partial charge < -0.3 is 4.98 Å². The molecule has 1 heterocycles. The standard InChI is InChI=1S/C3H4N2.H2S.H4Si/c1-2-5-3-4-1;;/h1-3H,(H,4,5);1H2;1H4. The summed E-state index contributed by atoms with van der Waals surface area (Å²) >= 11 is 0. The smallest absolute Gasteiger partial charge is 0.0919 e. The summed E-state index contributed by atoms with van der Waals surface area (Å²) in [4.78, 5) is 6.42. The van der Waals surface area contributed by atoms with Crippen molar-refractivity contribution in [2.75, 3.05) is 0 Å². The molecule has 1 aromatic rings. The maximum absolute atomic E-state index is 3.67. The van der Waals surface area contributed by atoms with Crippen molar-refractivity contribution in [2.45, 2.75) is 0 Å². The van der Waals surface area contributed by atoms with Crippen LogP contribution in [0, 0.1) is 0 Å². The summed E-state index contributed by atoms with van der Waals surface area (Å²) in [5.41, 5.74) is 0. The second kappa shape index (κ2) is 5.78. The molecule has 7 heavy (non-hydrogen) atoms. The van der Waals surface area contributed by atoms with Gasteiger partial charge in [0.15, 0.2) is 0 Å². The van der Waals surface area contributed by atoms with Crippen LogP contribution in [0.2, 0.25) is 0 Å². The van der Waals surface area contributed by atoms with Crippen LogP contribution >= 0.6 is 13.5 Å². The summed E-state index contributed by atoms with van der Waals surface area (Å²) in [6.45, 7) is 0. The van der Waals surface area contributed by atoms with Crippen LogP contribution in [0.15, 0.2) is 18.7 Å². The van der Waals surface area contributed by atoms with E-state index in [2.05, 4.69) is 9.97 Å². The summed E-state index contributed by atoms with van der Waals surface area (Å²) in [7, 11) is 0. The second-order valence-corrected chi connectivity index (χ2v) is 0.761. The Morgan fingerprint density at radius 3 is 2.29 bits per heavy atom. The van der Waals surface area contributed by atoms with Crippen LogP contribution in [0.5, 0.6) is 0 Å². The van der Waals surface area contributed by atoms with Gasteiger partial charge in [0.1, 0.15) is 0 Å². The Labute approximate surface area is 53.8 Å². The predicted molar refractivity (Wildman–Crippen MR) is 40.3 cm³/mol. The molecule has 0 bridgehead atoms. The van der Waals surface area contributed by atoms with E-state index in [1.807, 2.05) is 0 Å². The number of hydrogen-bond donors (Lipinski definition) is 1. The van der Waals surface area contributed by atoms with Crippen LogP contribution in [0.3, 0.4) is 0 Å². The molecular formula is C3H10N2SSi. The monoisotopic (exact) mass is 134 g/mol. The van der Waals surface area contributed by atoms with Gasteiger partial charge in [-0.15, -0.1) is 0 Å². The molecule has 42 valence electrons. The third-order valence-corrected chi connectivity index (χ3v) is 0.406. The fraction of sp³-hybridized carbons (Fsp3) is 0. The number of aromatic nitrogens is 2. The fourth-order valence-corrected chi connectivity index (χ4v) is 0.215. The highest BCUT2D eigenvalue weighted by Gasteiger charge is 1.56. The van der Waals surface area contributed by atoms with Crippen LogP contribution < -0.4 is 0 Å². The van der Waals surface area contributed by atoms with Crippen molar-refractivity contribution >= 4 is 24.5 Å². The molecule has 0 saturated carbocycles. The minimum Gasteiger partial charge on any atom is -0.351 e. The number of nitrogens with zero attached hydrogens (tertiary/aromatic N) is 1. The maximum Gasteiger partial charge on any atom is 0.0919 e. The third-order valence-electron chi connectivity index (χ3n) is 0.406. The van der Waals surface area contributed by atoms with E-state index in [1.165, 1.54) is 0 Å². The van der Waals surface area contributed by atoms with Gasteiger partial charge in [0.2, 0.25) is 0 Å². The summed E-state index contributed by atoms with van der Waals surface area (Å²) in [5.74, 6) is 0. The Bertz CT molecular complexity index is 69.4. The van der Waals surface area contributed by atoms with Crippen LogP contribution in [0.1, 0.15) is 0 Å². The van der Waals surface area contributed by atoms with Gasteiger partial charge in [-0.05, 0) is 11.0 Å². The molecular weight excluding hydrogens is 124 g/mol. The van der Waals surface area contributed by atoms with Gasteiger partial charge in [-0.1, -0.05) is 0 Å². The van der Waals surface area contributed by atoms with Crippen molar-refractivity contribution in [1.82, 2.24) is 9.97 Å². The molecule has 0 aliphatic carbocycles. The lowest BCUT2D eigenvalue weighted by Crippen LogP contribution is -1.44. The van der Waals surface area contributed by atoms with Crippen molar-refractivity contribution in [3.8, 4) is 0 Å². The van der Waals surface area contributed by atoms with E-state index in [0.717, 1.165) is 0 Å². The van der Waals surface area contributed by atoms with E-state index < -0.39 is 0 Å². The van der Waals surface area contributed by atoms with Crippen molar-refractivity contribution in [3.63, 3.8) is 0 Å². The lowest BCUT2D eigenvalue weighted by molar-refractivity contribution is 1.31. The number of aromatic amines is 1. The Morgan fingerprint density at radius 2 is 2.14 bits per heavy atom. The molecule has 1 rings (SSSR count). The Kier molecular flexibility index (Phi) is 8.18. The number of rotatable bonds is 0. The average Bonchev–Trinajstić information content (AvgIpc) is 1.76. The third kappa shape index (κ3) is 3.61. The highest BCUT2D eigenvalue weighted by Crippen LogP contribution is 1.62. The highest BCUT2D eigenvalue weighted by molar-refractivity contribution is 7.59. The fourth-order valence-electron chi connectivity index (χ4n) is 0.215. The second-order valence-electron chi connectivity index (χ2n) is 0.761. The number of hydrogen-bond acceptors (Lipinski definition) is 1. The summed E-state index contributed by atoms with van der Waals surface area (Å²) in [5, 5.41) is 0.